The van der Waals surface area contributed by atoms with Crippen molar-refractivity contribution in [1.29, 1.82) is 0 Å². The molecule has 1 aliphatic rings. The zero-order valence-corrected chi connectivity index (χ0v) is 14.3. The maximum atomic E-state index is 5.38. The van der Waals surface area contributed by atoms with Crippen molar-refractivity contribution in [2.24, 2.45) is 0 Å². The number of anilines is 1. The summed E-state index contributed by atoms with van der Waals surface area (Å²) in [5.41, 5.74) is 2.98. The van der Waals surface area contributed by atoms with Crippen LogP contribution in [-0.2, 0) is 4.74 Å². The topological polar surface area (TPSA) is 54.7 Å². The van der Waals surface area contributed by atoms with Gasteiger partial charge in [0.05, 0.1) is 25.1 Å². The van der Waals surface area contributed by atoms with Gasteiger partial charge in [0, 0.05) is 25.2 Å². The summed E-state index contributed by atoms with van der Waals surface area (Å²) in [6, 6.07) is 14.2. The van der Waals surface area contributed by atoms with Crippen molar-refractivity contribution in [3.05, 3.63) is 48.7 Å². The molecule has 4 rings (SSSR count). The molecular formula is C19H23N5O. The number of fused-ring (bicyclic) bond motifs is 1. The van der Waals surface area contributed by atoms with Crippen molar-refractivity contribution in [2.45, 2.75) is 6.42 Å². The average Bonchev–Trinajstić information content (AvgIpc) is 3.10. The molecule has 0 aliphatic carbocycles. The minimum Gasteiger partial charge on any atom is -0.379 e. The summed E-state index contributed by atoms with van der Waals surface area (Å²) in [4.78, 5) is 6.90. The summed E-state index contributed by atoms with van der Waals surface area (Å²) in [5.74, 6) is 0.879. The summed E-state index contributed by atoms with van der Waals surface area (Å²) in [5, 5.41) is 8.13. The number of aromatic nitrogens is 3. The molecule has 1 N–H and O–H groups in total. The number of hydrogen-bond acceptors (Lipinski definition) is 5. The van der Waals surface area contributed by atoms with E-state index in [0.717, 1.165) is 68.5 Å². The van der Waals surface area contributed by atoms with Crippen LogP contribution in [0.25, 0.3) is 16.9 Å². The number of ether oxygens (including phenoxy) is 1. The highest BCUT2D eigenvalue weighted by atomic mass is 16.5. The lowest BCUT2D eigenvalue weighted by Gasteiger charge is -2.26. The van der Waals surface area contributed by atoms with E-state index in [0.29, 0.717) is 0 Å². The first kappa shape index (κ1) is 16.1. The van der Waals surface area contributed by atoms with Crippen LogP contribution >= 0.6 is 0 Å². The van der Waals surface area contributed by atoms with Crippen LogP contribution in [0.15, 0.2) is 48.7 Å². The molecule has 0 amide bonds. The molecule has 130 valence electrons. The zero-order chi connectivity index (χ0) is 16.9. The van der Waals surface area contributed by atoms with Crippen LogP contribution in [-0.4, -0.2) is 58.9 Å². The standard InChI is InChI=1S/C19H23N5O/c1-2-5-16(6-3-1)17-15-21-19-8-7-18(22-24(17)19)20-9-4-10-23-11-13-25-14-12-23/h1-3,5-8,15H,4,9-14H2,(H,20,22). The van der Waals surface area contributed by atoms with Crippen molar-refractivity contribution < 1.29 is 4.74 Å². The van der Waals surface area contributed by atoms with E-state index < -0.39 is 0 Å². The van der Waals surface area contributed by atoms with Gasteiger partial charge in [-0.1, -0.05) is 30.3 Å². The Morgan fingerprint density at radius 1 is 1.04 bits per heavy atom. The first-order valence-electron chi connectivity index (χ1n) is 8.84. The minimum absolute atomic E-state index is 0.856. The second kappa shape index (κ2) is 7.63. The molecule has 0 saturated carbocycles. The highest BCUT2D eigenvalue weighted by Crippen LogP contribution is 2.20. The quantitative estimate of drug-likeness (QED) is 0.701. The molecule has 2 aromatic heterocycles. The molecule has 1 saturated heterocycles. The van der Waals surface area contributed by atoms with Crippen LogP contribution in [0, 0.1) is 0 Å². The fourth-order valence-corrected chi connectivity index (χ4v) is 3.12. The number of rotatable bonds is 6. The second-order valence-corrected chi connectivity index (χ2v) is 6.23. The van der Waals surface area contributed by atoms with Gasteiger partial charge in [-0.3, -0.25) is 4.90 Å². The average molecular weight is 337 g/mol. The molecule has 0 unspecified atom stereocenters. The van der Waals surface area contributed by atoms with Gasteiger partial charge in [0.1, 0.15) is 5.82 Å². The van der Waals surface area contributed by atoms with Gasteiger partial charge in [0.25, 0.3) is 0 Å². The van der Waals surface area contributed by atoms with E-state index in [1.807, 2.05) is 41.0 Å². The smallest absolute Gasteiger partial charge is 0.154 e. The highest BCUT2D eigenvalue weighted by Gasteiger charge is 2.10. The molecule has 6 heteroatoms. The molecule has 1 aromatic carbocycles. The predicted octanol–water partition coefficient (Wildman–Crippen LogP) is 2.53. The number of imidazole rings is 1. The van der Waals surface area contributed by atoms with Crippen LogP contribution in [0.1, 0.15) is 6.42 Å². The normalized spacial score (nSPS) is 15.5. The third kappa shape index (κ3) is 3.81. The van der Waals surface area contributed by atoms with E-state index in [2.05, 4.69) is 27.3 Å². The fourth-order valence-electron chi connectivity index (χ4n) is 3.12. The van der Waals surface area contributed by atoms with E-state index in [4.69, 9.17) is 9.84 Å². The molecule has 3 aromatic rings. The van der Waals surface area contributed by atoms with E-state index in [1.165, 1.54) is 0 Å². The Bertz CT molecular complexity index is 811. The van der Waals surface area contributed by atoms with Gasteiger partial charge < -0.3 is 10.1 Å². The molecule has 25 heavy (non-hydrogen) atoms. The van der Waals surface area contributed by atoms with Gasteiger partial charge in [-0.05, 0) is 25.1 Å². The Morgan fingerprint density at radius 3 is 2.72 bits per heavy atom. The summed E-state index contributed by atoms with van der Waals surface area (Å²) < 4.78 is 7.28. The summed E-state index contributed by atoms with van der Waals surface area (Å²) in [6.45, 7) is 5.80. The highest BCUT2D eigenvalue weighted by molar-refractivity contribution is 5.63. The van der Waals surface area contributed by atoms with Gasteiger partial charge >= 0.3 is 0 Å². The van der Waals surface area contributed by atoms with Crippen molar-refractivity contribution >= 4 is 11.5 Å². The van der Waals surface area contributed by atoms with Gasteiger partial charge in [-0.2, -0.15) is 0 Å². The fraction of sp³-hybridized carbons (Fsp3) is 0.368. The largest absolute Gasteiger partial charge is 0.379 e. The molecule has 3 heterocycles. The van der Waals surface area contributed by atoms with Crippen molar-refractivity contribution in [2.75, 3.05) is 44.7 Å². The summed E-state index contributed by atoms with van der Waals surface area (Å²) >= 11 is 0. The SMILES string of the molecule is c1ccc(-c2cnc3ccc(NCCCN4CCOCC4)nn23)cc1. The molecule has 0 spiro atoms. The number of hydrogen-bond donors (Lipinski definition) is 1. The third-order valence-electron chi connectivity index (χ3n) is 4.49. The van der Waals surface area contributed by atoms with E-state index in [9.17, 15) is 0 Å². The number of benzene rings is 1. The number of nitrogens with zero attached hydrogens (tertiary/aromatic N) is 4. The van der Waals surface area contributed by atoms with E-state index in [1.54, 1.807) is 0 Å². The molecule has 0 atom stereocenters. The zero-order valence-electron chi connectivity index (χ0n) is 14.3. The minimum atomic E-state index is 0.856. The lowest BCUT2D eigenvalue weighted by Crippen LogP contribution is -2.37. The predicted molar refractivity (Wildman–Crippen MR) is 98.8 cm³/mol. The summed E-state index contributed by atoms with van der Waals surface area (Å²) in [7, 11) is 0. The van der Waals surface area contributed by atoms with E-state index in [-0.39, 0.29) is 0 Å². The molecule has 1 fully saturated rings. The lowest BCUT2D eigenvalue weighted by atomic mass is 10.2. The van der Waals surface area contributed by atoms with Crippen LogP contribution in [0.3, 0.4) is 0 Å². The van der Waals surface area contributed by atoms with Crippen molar-refractivity contribution in [1.82, 2.24) is 19.5 Å². The molecule has 0 radical (unpaired) electrons. The number of morpholine rings is 1. The van der Waals surface area contributed by atoms with Gasteiger partial charge in [-0.25, -0.2) is 9.50 Å². The Morgan fingerprint density at radius 2 is 1.88 bits per heavy atom. The third-order valence-corrected chi connectivity index (χ3v) is 4.49. The molecule has 6 nitrogen and oxygen atoms in total. The summed E-state index contributed by atoms with van der Waals surface area (Å²) in [6.07, 6.45) is 2.97. The molecule has 0 bridgehead atoms. The Kier molecular flexibility index (Phi) is 4.90. The van der Waals surface area contributed by atoms with Gasteiger partial charge in [-0.15, -0.1) is 5.10 Å². The van der Waals surface area contributed by atoms with Gasteiger partial charge in [0.2, 0.25) is 0 Å². The first-order valence-corrected chi connectivity index (χ1v) is 8.84. The van der Waals surface area contributed by atoms with Gasteiger partial charge in [0.15, 0.2) is 5.65 Å². The monoisotopic (exact) mass is 337 g/mol. The maximum Gasteiger partial charge on any atom is 0.154 e. The number of nitrogens with one attached hydrogen (secondary N) is 1. The molecular weight excluding hydrogens is 314 g/mol. The van der Waals surface area contributed by atoms with Crippen molar-refractivity contribution in [3.8, 4) is 11.3 Å². The Labute approximate surface area is 147 Å². The Hall–Kier alpha value is -2.44. The second-order valence-electron chi connectivity index (χ2n) is 6.23. The Balaban J connectivity index is 1.40. The maximum absolute atomic E-state index is 5.38. The molecule has 1 aliphatic heterocycles. The van der Waals surface area contributed by atoms with Crippen molar-refractivity contribution in [3.63, 3.8) is 0 Å². The van der Waals surface area contributed by atoms with Crippen LogP contribution < -0.4 is 5.32 Å². The van der Waals surface area contributed by atoms with Crippen LogP contribution in [0.2, 0.25) is 0 Å². The first-order chi connectivity index (χ1) is 12.4. The van der Waals surface area contributed by atoms with Crippen LogP contribution in [0.4, 0.5) is 5.82 Å². The lowest BCUT2D eigenvalue weighted by molar-refractivity contribution is 0.0378. The van der Waals surface area contributed by atoms with E-state index >= 15 is 0 Å². The van der Waals surface area contributed by atoms with Crippen LogP contribution in [0.5, 0.6) is 0 Å².